The summed E-state index contributed by atoms with van der Waals surface area (Å²) in [4.78, 5) is 8.38. The van der Waals surface area contributed by atoms with E-state index in [1.165, 1.54) is 11.5 Å². The van der Waals surface area contributed by atoms with Crippen LogP contribution in [0.5, 0.6) is 5.88 Å². The highest BCUT2D eigenvalue weighted by atomic mass is 35.5. The molecule has 0 radical (unpaired) electrons. The lowest BCUT2D eigenvalue weighted by molar-refractivity contribution is 0.398. The zero-order chi connectivity index (χ0) is 11.5. The van der Waals surface area contributed by atoms with Crippen molar-refractivity contribution in [3.05, 3.63) is 23.3 Å². The number of nitrogens with zero attached hydrogens (tertiary/aromatic N) is 3. The average molecular weight is 273 g/mol. The van der Waals surface area contributed by atoms with Crippen LogP contribution >= 0.6 is 23.9 Å². The maximum atomic E-state index is 5.73. The molecule has 0 amide bonds. The third-order valence-corrected chi connectivity index (χ3v) is 2.95. The molecule has 2 heterocycles. The van der Waals surface area contributed by atoms with Crippen molar-refractivity contribution in [1.82, 2.24) is 14.3 Å². The average Bonchev–Trinajstić information content (AvgIpc) is 2.78. The molecule has 17 heavy (non-hydrogen) atoms. The molecule has 0 aliphatic heterocycles. The second-order valence-corrected chi connectivity index (χ2v) is 4.12. The maximum Gasteiger partial charge on any atom is 0.213 e. The fourth-order valence-electron chi connectivity index (χ4n) is 1.20. The maximum absolute atomic E-state index is 5.73. The Bertz CT molecular complexity index is 489. The van der Waals surface area contributed by atoms with Gasteiger partial charge in [0.25, 0.3) is 0 Å². The lowest BCUT2D eigenvalue weighted by Crippen LogP contribution is -2.03. The molecule has 0 unspecified atom stereocenters. The van der Waals surface area contributed by atoms with Gasteiger partial charge in [-0.1, -0.05) is 0 Å². The number of methoxy groups -OCH3 is 1. The largest absolute Gasteiger partial charge is 0.481 e. The van der Waals surface area contributed by atoms with Crippen molar-refractivity contribution in [2.45, 2.75) is 13.0 Å². The van der Waals surface area contributed by atoms with Crippen LogP contribution < -0.4 is 10.5 Å². The first-order valence-electron chi connectivity index (χ1n) is 4.80. The summed E-state index contributed by atoms with van der Waals surface area (Å²) in [7, 11) is 1.58. The highest BCUT2D eigenvalue weighted by Gasteiger charge is 2.10. The van der Waals surface area contributed by atoms with Crippen LogP contribution in [0.3, 0.4) is 0 Å². The Labute approximate surface area is 110 Å². The van der Waals surface area contributed by atoms with Crippen molar-refractivity contribution >= 4 is 23.9 Å². The summed E-state index contributed by atoms with van der Waals surface area (Å²) in [5, 5.41) is 0.825. The third kappa shape index (κ3) is 3.12. The Balaban J connectivity index is 0.00000144. The predicted octanol–water partition coefficient (Wildman–Crippen LogP) is 2.05. The molecule has 0 aliphatic carbocycles. The number of ether oxygens (including phenoxy) is 1. The van der Waals surface area contributed by atoms with Crippen LogP contribution in [0, 0.1) is 0 Å². The van der Waals surface area contributed by atoms with Gasteiger partial charge >= 0.3 is 0 Å². The van der Waals surface area contributed by atoms with Crippen molar-refractivity contribution in [3.8, 4) is 17.3 Å². The highest BCUT2D eigenvalue weighted by Crippen LogP contribution is 2.22. The lowest BCUT2D eigenvalue weighted by atomic mass is 10.2. The molecular weight excluding hydrogens is 260 g/mol. The number of aromatic nitrogens is 3. The summed E-state index contributed by atoms with van der Waals surface area (Å²) < 4.78 is 9.29. The molecule has 2 N–H and O–H groups in total. The van der Waals surface area contributed by atoms with Crippen molar-refractivity contribution in [1.29, 1.82) is 0 Å². The Hall–Kier alpha value is -1.24. The van der Waals surface area contributed by atoms with E-state index in [1.807, 2.05) is 13.0 Å². The van der Waals surface area contributed by atoms with Crippen LogP contribution in [-0.4, -0.2) is 21.5 Å². The van der Waals surface area contributed by atoms with E-state index >= 15 is 0 Å². The zero-order valence-corrected chi connectivity index (χ0v) is 11.1. The fraction of sp³-hybridized carbons (Fsp3) is 0.300. The molecule has 7 heteroatoms. The molecule has 5 nitrogen and oxygen atoms in total. The number of pyridine rings is 1. The first-order valence-corrected chi connectivity index (χ1v) is 5.57. The minimum atomic E-state index is -0.0880. The number of halogens is 1. The number of hydrogen-bond acceptors (Lipinski definition) is 6. The lowest BCUT2D eigenvalue weighted by Gasteiger charge is -1.99. The van der Waals surface area contributed by atoms with Gasteiger partial charge in [0.1, 0.15) is 5.01 Å². The second-order valence-electron chi connectivity index (χ2n) is 3.33. The van der Waals surface area contributed by atoms with E-state index in [-0.39, 0.29) is 18.4 Å². The van der Waals surface area contributed by atoms with Gasteiger partial charge in [0.2, 0.25) is 5.88 Å². The fourth-order valence-corrected chi connectivity index (χ4v) is 1.82. The second kappa shape index (κ2) is 5.90. The van der Waals surface area contributed by atoms with Crippen LogP contribution in [0.4, 0.5) is 0 Å². The molecule has 2 aromatic rings. The van der Waals surface area contributed by atoms with Gasteiger partial charge in [0, 0.05) is 17.8 Å². The molecule has 92 valence electrons. The molecule has 2 aromatic heterocycles. The van der Waals surface area contributed by atoms with Crippen LogP contribution in [-0.2, 0) is 0 Å². The van der Waals surface area contributed by atoms with E-state index in [1.54, 1.807) is 19.4 Å². The summed E-state index contributed by atoms with van der Waals surface area (Å²) in [5.74, 6) is 1.22. The van der Waals surface area contributed by atoms with Gasteiger partial charge in [-0.05, 0) is 24.5 Å². The van der Waals surface area contributed by atoms with Crippen LogP contribution in [0.2, 0.25) is 0 Å². The van der Waals surface area contributed by atoms with E-state index in [0.717, 1.165) is 10.6 Å². The van der Waals surface area contributed by atoms with E-state index in [0.29, 0.717) is 11.7 Å². The van der Waals surface area contributed by atoms with Gasteiger partial charge in [-0.2, -0.15) is 4.37 Å². The number of rotatable bonds is 3. The van der Waals surface area contributed by atoms with Crippen LogP contribution in [0.1, 0.15) is 18.0 Å². The van der Waals surface area contributed by atoms with Crippen molar-refractivity contribution < 1.29 is 4.74 Å². The minimum Gasteiger partial charge on any atom is -0.481 e. The Morgan fingerprint density at radius 1 is 1.47 bits per heavy atom. The predicted molar refractivity (Wildman–Crippen MR) is 69.5 cm³/mol. The van der Waals surface area contributed by atoms with Crippen molar-refractivity contribution in [3.63, 3.8) is 0 Å². The summed E-state index contributed by atoms with van der Waals surface area (Å²) in [6, 6.07) is 3.55. The SMILES string of the molecule is COc1cc(-c2nsc([C@H](C)N)n2)ccn1.Cl. The Morgan fingerprint density at radius 3 is 2.82 bits per heavy atom. The third-order valence-electron chi connectivity index (χ3n) is 2.03. The van der Waals surface area contributed by atoms with Gasteiger partial charge < -0.3 is 10.5 Å². The Kier molecular flexibility index (Phi) is 4.80. The van der Waals surface area contributed by atoms with Gasteiger partial charge in [0.15, 0.2) is 5.82 Å². The normalized spacial score (nSPS) is 11.7. The van der Waals surface area contributed by atoms with Gasteiger partial charge in [-0.3, -0.25) is 0 Å². The molecular formula is C10H13ClN4OS. The van der Waals surface area contributed by atoms with Crippen LogP contribution in [0.25, 0.3) is 11.4 Å². The first-order chi connectivity index (χ1) is 7.70. The molecule has 0 saturated heterocycles. The highest BCUT2D eigenvalue weighted by molar-refractivity contribution is 7.05. The standard InChI is InChI=1S/C10H12N4OS.ClH/c1-6(11)10-13-9(14-16-10)7-3-4-12-8(5-7)15-2;/h3-6H,11H2,1-2H3;1H/t6-;/m0./s1. The number of hydrogen-bond donors (Lipinski definition) is 1. The summed E-state index contributed by atoms with van der Waals surface area (Å²) >= 11 is 1.32. The van der Waals surface area contributed by atoms with Gasteiger partial charge in [-0.15, -0.1) is 12.4 Å². The Morgan fingerprint density at radius 2 is 2.24 bits per heavy atom. The summed E-state index contributed by atoms with van der Waals surface area (Å²) in [6.07, 6.45) is 1.67. The van der Waals surface area contributed by atoms with E-state index in [2.05, 4.69) is 14.3 Å². The van der Waals surface area contributed by atoms with Gasteiger partial charge in [-0.25, -0.2) is 9.97 Å². The molecule has 0 fully saturated rings. The van der Waals surface area contributed by atoms with Gasteiger partial charge in [0.05, 0.1) is 13.2 Å². The molecule has 0 aromatic carbocycles. The van der Waals surface area contributed by atoms with Crippen molar-refractivity contribution in [2.24, 2.45) is 5.73 Å². The molecule has 0 bridgehead atoms. The van der Waals surface area contributed by atoms with Crippen molar-refractivity contribution in [2.75, 3.05) is 7.11 Å². The van der Waals surface area contributed by atoms with E-state index in [4.69, 9.17) is 10.5 Å². The van der Waals surface area contributed by atoms with E-state index < -0.39 is 0 Å². The summed E-state index contributed by atoms with van der Waals surface area (Å²) in [5.41, 5.74) is 6.62. The summed E-state index contributed by atoms with van der Waals surface area (Å²) in [6.45, 7) is 1.89. The number of nitrogens with two attached hydrogens (primary N) is 1. The zero-order valence-electron chi connectivity index (χ0n) is 9.45. The topological polar surface area (TPSA) is 73.9 Å². The molecule has 1 atom stereocenters. The van der Waals surface area contributed by atoms with E-state index in [9.17, 15) is 0 Å². The molecule has 0 saturated carbocycles. The monoisotopic (exact) mass is 272 g/mol. The smallest absolute Gasteiger partial charge is 0.213 e. The quantitative estimate of drug-likeness (QED) is 0.926. The molecule has 0 spiro atoms. The molecule has 2 rings (SSSR count). The molecule has 0 aliphatic rings. The minimum absolute atomic E-state index is 0. The van der Waals surface area contributed by atoms with Crippen LogP contribution in [0.15, 0.2) is 18.3 Å². The first kappa shape index (κ1) is 13.8.